The third kappa shape index (κ3) is 5.30. The molecule has 1 aromatic heterocycles. The van der Waals surface area contributed by atoms with Crippen LogP contribution in [0.1, 0.15) is 37.4 Å². The Morgan fingerprint density at radius 1 is 0.472 bits per heavy atom. The SMILES string of the molecule is [2H]c1c([2H])c([2H])c(-c2cc(-c3c([2H])c([2H])c([2H])c([2H])c3[2H])cc(-c3c4c([2H])c([2H])c([2H])c([2H])c4c(-c4ccc5cc(-n6c(CC)nc7ccccc76)ccc5c4)c4c([2H])c([2H])c([2H])c([2H])c34)c2)c([2H])c1[2H]. The number of para-hydroxylation sites is 2. The molecule has 1 heterocycles. The van der Waals surface area contributed by atoms with Crippen molar-refractivity contribution < 1.29 is 24.7 Å². The molecule has 9 aromatic carbocycles. The van der Waals surface area contributed by atoms with E-state index in [0.29, 0.717) is 17.4 Å². The van der Waals surface area contributed by atoms with Crippen molar-refractivity contribution in [3.63, 3.8) is 0 Å². The standard InChI is InChI=1S/C51H36N2/c1-2-49-52-47-23-13-14-24-48(47)53(49)42-28-27-36-29-38(26-25-37(36)33-42)50-43-19-9-11-21-45(43)51(46-22-12-10-20-44(46)50)41-31-39(34-15-5-3-6-16-34)30-40(32-41)35-17-7-4-8-18-35/h3-33H,2H2,1H3/i3D,4D,5D,6D,7D,8D,9D,10D,11D,12D,15D,16D,17D,18D,19D,20D,21D,22D. The lowest BCUT2D eigenvalue weighted by Gasteiger charge is -2.19. The lowest BCUT2D eigenvalue weighted by molar-refractivity contribution is 0.909. The van der Waals surface area contributed by atoms with Gasteiger partial charge in [-0.15, -0.1) is 0 Å². The maximum Gasteiger partial charge on any atom is 0.114 e. The molecular formula is C51H36N2. The largest absolute Gasteiger partial charge is 0.296 e. The van der Waals surface area contributed by atoms with E-state index in [0.717, 1.165) is 27.9 Å². The second-order valence-electron chi connectivity index (χ2n) is 12.5. The predicted molar refractivity (Wildman–Crippen MR) is 225 cm³/mol. The fourth-order valence-electron chi connectivity index (χ4n) is 7.18. The normalized spacial score (nSPS) is 16.3. The third-order valence-electron chi connectivity index (χ3n) is 9.49. The van der Waals surface area contributed by atoms with Gasteiger partial charge in [0.25, 0.3) is 0 Å². The monoisotopic (exact) mass is 694 g/mol. The smallest absolute Gasteiger partial charge is 0.114 e. The number of fused-ring (bicyclic) bond motifs is 4. The Labute approximate surface area is 334 Å². The molecule has 0 amide bonds. The van der Waals surface area contributed by atoms with Crippen LogP contribution in [0.15, 0.2) is 188 Å². The molecule has 0 radical (unpaired) electrons. The van der Waals surface area contributed by atoms with E-state index in [1.165, 1.54) is 18.2 Å². The molecule has 10 rings (SSSR count). The summed E-state index contributed by atoms with van der Waals surface area (Å²) in [7, 11) is 0. The number of benzene rings is 9. The summed E-state index contributed by atoms with van der Waals surface area (Å²) >= 11 is 0. The molecule has 0 N–H and O–H groups in total. The van der Waals surface area contributed by atoms with Gasteiger partial charge in [0.2, 0.25) is 0 Å². The van der Waals surface area contributed by atoms with Gasteiger partial charge in [0, 0.05) is 12.1 Å². The Hall–Kier alpha value is -6.77. The Morgan fingerprint density at radius 3 is 1.58 bits per heavy atom. The minimum absolute atomic E-state index is 0.0604. The highest BCUT2D eigenvalue weighted by Crippen LogP contribution is 2.45. The fourth-order valence-corrected chi connectivity index (χ4v) is 7.18. The molecule has 0 saturated heterocycles. The number of rotatable bonds is 6. The van der Waals surface area contributed by atoms with E-state index in [2.05, 4.69) is 4.57 Å². The van der Waals surface area contributed by atoms with E-state index in [1.807, 2.05) is 55.5 Å². The van der Waals surface area contributed by atoms with Crippen LogP contribution in [0.4, 0.5) is 0 Å². The van der Waals surface area contributed by atoms with Gasteiger partial charge in [-0.2, -0.15) is 0 Å². The van der Waals surface area contributed by atoms with Crippen LogP contribution in [-0.4, -0.2) is 9.55 Å². The Balaban J connectivity index is 1.36. The summed E-state index contributed by atoms with van der Waals surface area (Å²) in [6.07, 6.45) is 0.659. The summed E-state index contributed by atoms with van der Waals surface area (Å²) in [5, 5.41) is 0.802. The van der Waals surface area contributed by atoms with E-state index in [1.54, 1.807) is 12.1 Å². The van der Waals surface area contributed by atoms with E-state index in [-0.39, 0.29) is 60.5 Å². The van der Waals surface area contributed by atoms with Gasteiger partial charge in [-0.25, -0.2) is 4.98 Å². The van der Waals surface area contributed by atoms with Gasteiger partial charge in [-0.05, 0) is 125 Å². The van der Waals surface area contributed by atoms with Crippen molar-refractivity contribution in [1.29, 1.82) is 0 Å². The first kappa shape index (κ1) is 17.6. The predicted octanol–water partition coefficient (Wildman–Crippen LogP) is 13.7. The fraction of sp³-hybridized carbons (Fsp3) is 0.0392. The average molecular weight is 695 g/mol. The summed E-state index contributed by atoms with van der Waals surface area (Å²) in [6.45, 7) is 2.02. The highest BCUT2D eigenvalue weighted by Gasteiger charge is 2.19. The molecule has 0 bridgehead atoms. The van der Waals surface area contributed by atoms with Gasteiger partial charge in [0.1, 0.15) is 5.82 Å². The summed E-state index contributed by atoms with van der Waals surface area (Å²) in [6, 6.07) is 11.1. The lowest BCUT2D eigenvalue weighted by Crippen LogP contribution is -2.00. The van der Waals surface area contributed by atoms with Crippen LogP contribution in [0, 0.1) is 0 Å². The van der Waals surface area contributed by atoms with Gasteiger partial charge in [-0.3, -0.25) is 4.57 Å². The number of imidazole rings is 1. The first-order valence-electron chi connectivity index (χ1n) is 26.0. The quantitative estimate of drug-likeness (QED) is 0.158. The van der Waals surface area contributed by atoms with Crippen LogP contribution < -0.4 is 0 Å². The molecule has 0 atom stereocenters. The Bertz CT molecular complexity index is 3800. The molecule has 0 aliphatic rings. The van der Waals surface area contributed by atoms with Crippen LogP contribution in [-0.2, 0) is 6.42 Å². The molecule has 53 heavy (non-hydrogen) atoms. The zero-order valence-electron chi connectivity index (χ0n) is 46.1. The number of hydrogen-bond donors (Lipinski definition) is 0. The maximum absolute atomic E-state index is 9.56. The van der Waals surface area contributed by atoms with Crippen molar-refractivity contribution in [2.24, 2.45) is 0 Å². The third-order valence-corrected chi connectivity index (χ3v) is 9.49. The first-order chi connectivity index (χ1) is 33.7. The molecule has 0 aliphatic carbocycles. The van der Waals surface area contributed by atoms with Gasteiger partial charge in [0.05, 0.1) is 35.7 Å². The molecule has 2 heteroatoms. The van der Waals surface area contributed by atoms with Crippen molar-refractivity contribution in [3.8, 4) is 50.2 Å². The highest BCUT2D eigenvalue weighted by molar-refractivity contribution is 6.22. The summed E-state index contributed by atoms with van der Waals surface area (Å²) in [4.78, 5) is 4.82. The lowest BCUT2D eigenvalue weighted by atomic mass is 9.84. The minimum Gasteiger partial charge on any atom is -0.296 e. The van der Waals surface area contributed by atoms with Crippen LogP contribution in [0.5, 0.6) is 0 Å². The van der Waals surface area contributed by atoms with E-state index >= 15 is 0 Å². The van der Waals surface area contributed by atoms with E-state index in [4.69, 9.17) is 24.2 Å². The van der Waals surface area contributed by atoms with Crippen molar-refractivity contribution in [3.05, 3.63) is 193 Å². The number of aromatic nitrogens is 2. The average Bonchev–Trinajstić information content (AvgIpc) is 3.76. The Kier molecular flexibility index (Phi) is 4.25. The number of hydrogen-bond acceptors (Lipinski definition) is 1. The molecule has 0 unspecified atom stereocenters. The molecule has 0 saturated carbocycles. The van der Waals surface area contributed by atoms with Crippen LogP contribution in [0.3, 0.4) is 0 Å². The molecular weight excluding hydrogens is 641 g/mol. The molecule has 250 valence electrons. The van der Waals surface area contributed by atoms with Crippen molar-refractivity contribution in [1.82, 2.24) is 9.55 Å². The summed E-state index contributed by atoms with van der Waals surface area (Å²) in [5.41, 5.74) is 1.77. The minimum atomic E-state index is -0.702. The second kappa shape index (κ2) is 12.8. The first-order valence-corrected chi connectivity index (χ1v) is 17.0. The van der Waals surface area contributed by atoms with Crippen molar-refractivity contribution >= 4 is 43.4 Å². The Morgan fingerprint density at radius 2 is 0.981 bits per heavy atom. The highest BCUT2D eigenvalue weighted by atomic mass is 15.1. The molecule has 0 spiro atoms. The molecule has 0 fully saturated rings. The van der Waals surface area contributed by atoms with Gasteiger partial charge < -0.3 is 0 Å². The van der Waals surface area contributed by atoms with Crippen LogP contribution in [0.2, 0.25) is 0 Å². The van der Waals surface area contributed by atoms with Gasteiger partial charge >= 0.3 is 0 Å². The summed E-state index contributed by atoms with van der Waals surface area (Å²) in [5.74, 6) is 0.850. The van der Waals surface area contributed by atoms with Gasteiger partial charge in [-0.1, -0.05) is 146 Å². The topological polar surface area (TPSA) is 17.8 Å². The van der Waals surface area contributed by atoms with E-state index < -0.39 is 109 Å². The zero-order chi connectivity index (χ0) is 51.0. The summed E-state index contributed by atoms with van der Waals surface area (Å²) < 4.78 is 163. The molecule has 2 nitrogen and oxygen atoms in total. The van der Waals surface area contributed by atoms with Gasteiger partial charge in [0.15, 0.2) is 0 Å². The molecule has 0 aliphatic heterocycles. The second-order valence-corrected chi connectivity index (χ2v) is 12.5. The zero-order valence-corrected chi connectivity index (χ0v) is 28.1. The maximum atomic E-state index is 9.56. The van der Waals surface area contributed by atoms with Crippen molar-refractivity contribution in [2.75, 3.05) is 0 Å². The van der Waals surface area contributed by atoms with Crippen molar-refractivity contribution in [2.45, 2.75) is 13.3 Å². The number of aryl methyl sites for hydroxylation is 1. The van der Waals surface area contributed by atoms with E-state index in [9.17, 15) is 5.48 Å². The number of nitrogens with zero attached hydrogens (tertiary/aromatic N) is 2. The molecule has 10 aromatic rings. The van der Waals surface area contributed by atoms with Crippen LogP contribution in [0.25, 0.3) is 93.5 Å². The van der Waals surface area contributed by atoms with Crippen LogP contribution >= 0.6 is 0 Å².